The Morgan fingerprint density at radius 3 is 2.52 bits per heavy atom. The highest BCUT2D eigenvalue weighted by molar-refractivity contribution is 7.88. The molecule has 1 aliphatic heterocycles. The number of hydrogen-bond acceptors (Lipinski definition) is 3. The quantitative estimate of drug-likeness (QED) is 0.849. The van der Waals surface area contributed by atoms with Gasteiger partial charge in [0.1, 0.15) is 5.82 Å². The Morgan fingerprint density at radius 1 is 1.16 bits per heavy atom. The maximum atomic E-state index is 13.0. The van der Waals surface area contributed by atoms with Crippen molar-refractivity contribution in [3.63, 3.8) is 0 Å². The van der Waals surface area contributed by atoms with Crippen LogP contribution >= 0.6 is 24.0 Å². The van der Waals surface area contributed by atoms with Crippen molar-refractivity contribution in [3.05, 3.63) is 70.5 Å². The number of rotatable bonds is 4. The molecule has 4 nitrogen and oxygen atoms in total. The first-order chi connectivity index (χ1) is 11.5. The van der Waals surface area contributed by atoms with Gasteiger partial charge in [0.2, 0.25) is 10.0 Å². The molecule has 1 fully saturated rings. The van der Waals surface area contributed by atoms with Crippen molar-refractivity contribution < 1.29 is 12.8 Å². The first-order valence-corrected chi connectivity index (χ1v) is 9.65. The highest BCUT2D eigenvalue weighted by Crippen LogP contribution is 2.31. The molecule has 25 heavy (non-hydrogen) atoms. The normalized spacial score (nSPS) is 18.6. The molecule has 1 aliphatic rings. The molecule has 0 aliphatic carbocycles. The van der Waals surface area contributed by atoms with Crippen LogP contribution in [0.15, 0.2) is 48.5 Å². The Bertz CT molecular complexity index is 816. The van der Waals surface area contributed by atoms with Crippen molar-refractivity contribution in [1.82, 2.24) is 9.62 Å². The predicted molar refractivity (Wildman–Crippen MR) is 100 cm³/mol. The zero-order valence-electron chi connectivity index (χ0n) is 13.4. The third-order valence-electron chi connectivity index (χ3n) is 4.08. The Kier molecular flexibility index (Phi) is 6.82. The third kappa shape index (κ3) is 4.71. The maximum absolute atomic E-state index is 13.0. The first kappa shape index (κ1) is 20.1. The molecule has 136 valence electrons. The summed E-state index contributed by atoms with van der Waals surface area (Å²) in [4.78, 5) is 0. The van der Waals surface area contributed by atoms with Crippen molar-refractivity contribution in [2.45, 2.75) is 11.8 Å². The van der Waals surface area contributed by atoms with E-state index in [9.17, 15) is 12.8 Å². The number of piperazine rings is 1. The van der Waals surface area contributed by atoms with Crippen LogP contribution in [0.3, 0.4) is 0 Å². The van der Waals surface area contributed by atoms with E-state index in [-0.39, 0.29) is 30.0 Å². The predicted octanol–water partition coefficient (Wildman–Crippen LogP) is 3.38. The lowest BCUT2D eigenvalue weighted by molar-refractivity contribution is 0.271. The fourth-order valence-corrected chi connectivity index (χ4v) is 4.89. The summed E-state index contributed by atoms with van der Waals surface area (Å²) in [5.74, 6) is -0.541. The van der Waals surface area contributed by atoms with Gasteiger partial charge in [-0.1, -0.05) is 41.9 Å². The van der Waals surface area contributed by atoms with Gasteiger partial charge >= 0.3 is 0 Å². The summed E-state index contributed by atoms with van der Waals surface area (Å²) < 4.78 is 40.3. The van der Waals surface area contributed by atoms with Crippen LogP contribution in [-0.2, 0) is 15.8 Å². The molecule has 0 saturated carbocycles. The van der Waals surface area contributed by atoms with Crippen molar-refractivity contribution in [2.24, 2.45) is 0 Å². The van der Waals surface area contributed by atoms with E-state index < -0.39 is 10.0 Å². The smallest absolute Gasteiger partial charge is 0.218 e. The SMILES string of the molecule is Cl.O=S(=O)(Cc1ccc(F)cc1)N1CCNCC1c1ccccc1Cl. The molecule has 1 N–H and O–H groups in total. The van der Waals surface area contributed by atoms with Gasteiger partial charge in [-0.05, 0) is 29.3 Å². The maximum Gasteiger partial charge on any atom is 0.218 e. The number of nitrogens with one attached hydrogen (secondary N) is 1. The van der Waals surface area contributed by atoms with E-state index in [4.69, 9.17) is 11.6 Å². The molecule has 0 aromatic heterocycles. The molecule has 1 atom stereocenters. The molecule has 2 aromatic carbocycles. The summed E-state index contributed by atoms with van der Waals surface area (Å²) in [6, 6.07) is 12.5. The van der Waals surface area contributed by atoms with Gasteiger partial charge in [-0.15, -0.1) is 12.4 Å². The van der Waals surface area contributed by atoms with Gasteiger partial charge in [-0.2, -0.15) is 4.31 Å². The van der Waals surface area contributed by atoms with Crippen LogP contribution in [0.1, 0.15) is 17.2 Å². The van der Waals surface area contributed by atoms with Gasteiger partial charge in [-0.3, -0.25) is 0 Å². The van der Waals surface area contributed by atoms with E-state index in [1.807, 2.05) is 18.2 Å². The lowest BCUT2D eigenvalue weighted by Crippen LogP contribution is -2.49. The standard InChI is InChI=1S/C17H18ClFN2O2S.ClH/c18-16-4-2-1-3-15(16)17-11-20-9-10-21(17)24(22,23)12-13-5-7-14(19)8-6-13;/h1-8,17,20H,9-12H2;1H. The zero-order valence-corrected chi connectivity index (χ0v) is 15.7. The number of sulfonamides is 1. The van der Waals surface area contributed by atoms with E-state index in [1.54, 1.807) is 6.07 Å². The molecule has 1 heterocycles. The average molecular weight is 405 g/mol. The molecule has 8 heteroatoms. The number of benzene rings is 2. The van der Waals surface area contributed by atoms with Crippen LogP contribution in [0.5, 0.6) is 0 Å². The van der Waals surface area contributed by atoms with Gasteiger partial charge in [0.15, 0.2) is 0 Å². The minimum Gasteiger partial charge on any atom is -0.313 e. The molecular formula is C17H19Cl2FN2O2S. The first-order valence-electron chi connectivity index (χ1n) is 7.66. The molecule has 0 radical (unpaired) electrons. The minimum atomic E-state index is -3.55. The Balaban J connectivity index is 0.00000225. The van der Waals surface area contributed by atoms with Crippen molar-refractivity contribution in [2.75, 3.05) is 19.6 Å². The number of halogens is 3. The number of nitrogens with zero attached hydrogens (tertiary/aromatic N) is 1. The topological polar surface area (TPSA) is 49.4 Å². The van der Waals surface area contributed by atoms with Gasteiger partial charge in [0.25, 0.3) is 0 Å². The highest BCUT2D eigenvalue weighted by Gasteiger charge is 2.34. The Hall–Kier alpha value is -1.18. The van der Waals surface area contributed by atoms with Crippen LogP contribution in [0.2, 0.25) is 5.02 Å². The molecule has 2 aromatic rings. The van der Waals surface area contributed by atoms with E-state index >= 15 is 0 Å². The lowest BCUT2D eigenvalue weighted by atomic mass is 10.1. The van der Waals surface area contributed by atoms with Crippen molar-refractivity contribution in [3.8, 4) is 0 Å². The van der Waals surface area contributed by atoms with Crippen molar-refractivity contribution in [1.29, 1.82) is 0 Å². The van der Waals surface area contributed by atoms with Crippen LogP contribution in [0.25, 0.3) is 0 Å². The summed E-state index contributed by atoms with van der Waals surface area (Å²) in [6.45, 7) is 1.47. The highest BCUT2D eigenvalue weighted by atomic mass is 35.5. The summed E-state index contributed by atoms with van der Waals surface area (Å²) >= 11 is 6.26. The molecule has 0 spiro atoms. The average Bonchev–Trinajstić information content (AvgIpc) is 2.57. The molecule has 1 unspecified atom stereocenters. The van der Waals surface area contributed by atoms with E-state index in [0.717, 1.165) is 5.56 Å². The summed E-state index contributed by atoms with van der Waals surface area (Å²) in [6.07, 6.45) is 0. The molecule has 1 saturated heterocycles. The van der Waals surface area contributed by atoms with Crippen LogP contribution in [0.4, 0.5) is 4.39 Å². The minimum absolute atomic E-state index is 0. The van der Waals surface area contributed by atoms with Gasteiger partial charge < -0.3 is 5.32 Å². The van der Waals surface area contributed by atoms with Gasteiger partial charge in [-0.25, -0.2) is 12.8 Å². The second-order valence-corrected chi connectivity index (χ2v) is 8.06. The summed E-state index contributed by atoms with van der Waals surface area (Å²) in [7, 11) is -3.55. The Labute approximate surface area is 158 Å². The van der Waals surface area contributed by atoms with E-state index in [2.05, 4.69) is 5.32 Å². The monoisotopic (exact) mass is 404 g/mol. The number of hydrogen-bond donors (Lipinski definition) is 1. The summed E-state index contributed by atoms with van der Waals surface area (Å²) in [5.41, 5.74) is 1.35. The molecule has 0 amide bonds. The molecular weight excluding hydrogens is 386 g/mol. The van der Waals surface area contributed by atoms with Crippen LogP contribution in [-0.4, -0.2) is 32.4 Å². The molecule has 3 rings (SSSR count). The van der Waals surface area contributed by atoms with Gasteiger partial charge in [0.05, 0.1) is 11.8 Å². The Morgan fingerprint density at radius 2 is 1.84 bits per heavy atom. The second-order valence-electron chi connectivity index (χ2n) is 5.73. The molecule has 0 bridgehead atoms. The van der Waals surface area contributed by atoms with Crippen LogP contribution in [0, 0.1) is 5.82 Å². The fraction of sp³-hybridized carbons (Fsp3) is 0.294. The van der Waals surface area contributed by atoms with Gasteiger partial charge in [0, 0.05) is 24.7 Å². The summed E-state index contributed by atoms with van der Waals surface area (Å²) in [5, 5.41) is 3.77. The fourth-order valence-electron chi connectivity index (χ4n) is 2.90. The van der Waals surface area contributed by atoms with Crippen molar-refractivity contribution >= 4 is 34.0 Å². The van der Waals surface area contributed by atoms with E-state index in [0.29, 0.717) is 30.2 Å². The van der Waals surface area contributed by atoms with Crippen LogP contribution < -0.4 is 5.32 Å². The van der Waals surface area contributed by atoms with E-state index in [1.165, 1.54) is 28.6 Å². The largest absolute Gasteiger partial charge is 0.313 e. The second kappa shape index (κ2) is 8.47. The third-order valence-corrected chi connectivity index (χ3v) is 6.27. The lowest BCUT2D eigenvalue weighted by Gasteiger charge is -2.36. The zero-order chi connectivity index (χ0) is 17.2.